The van der Waals surface area contributed by atoms with Crippen molar-refractivity contribution in [1.29, 1.82) is 5.26 Å². The van der Waals surface area contributed by atoms with Crippen molar-refractivity contribution in [2.24, 2.45) is 0 Å². The quantitative estimate of drug-likeness (QED) is 0.790. The van der Waals surface area contributed by atoms with Crippen LogP contribution in [0.3, 0.4) is 0 Å². The van der Waals surface area contributed by atoms with Gasteiger partial charge in [0.2, 0.25) is 0 Å². The highest BCUT2D eigenvalue weighted by molar-refractivity contribution is 5.37. The number of hydrogen-bond donors (Lipinski definition) is 2. The Morgan fingerprint density at radius 3 is 2.82 bits per heavy atom. The SMILES string of the molecule is Cc1cc(C#N)ccc1CNC(C)CCCO. The summed E-state index contributed by atoms with van der Waals surface area (Å²) in [5.41, 5.74) is 3.07. The van der Waals surface area contributed by atoms with Gasteiger partial charge in [0.25, 0.3) is 0 Å². The van der Waals surface area contributed by atoms with Gasteiger partial charge in [0.05, 0.1) is 11.6 Å². The number of aryl methyl sites for hydroxylation is 1. The lowest BCUT2D eigenvalue weighted by atomic mass is 10.1. The Morgan fingerprint density at radius 2 is 2.24 bits per heavy atom. The molecule has 3 nitrogen and oxygen atoms in total. The molecule has 0 radical (unpaired) electrons. The van der Waals surface area contributed by atoms with Crippen molar-refractivity contribution in [1.82, 2.24) is 5.32 Å². The summed E-state index contributed by atoms with van der Waals surface area (Å²) in [7, 11) is 0. The third kappa shape index (κ3) is 4.56. The van der Waals surface area contributed by atoms with Crippen molar-refractivity contribution in [2.45, 2.75) is 39.3 Å². The average molecular weight is 232 g/mol. The molecule has 0 aliphatic heterocycles. The first-order chi connectivity index (χ1) is 8.17. The van der Waals surface area contributed by atoms with Gasteiger partial charge in [0, 0.05) is 19.2 Å². The van der Waals surface area contributed by atoms with Crippen LogP contribution in [0.2, 0.25) is 0 Å². The van der Waals surface area contributed by atoms with E-state index in [1.165, 1.54) is 5.56 Å². The van der Waals surface area contributed by atoms with Crippen molar-refractivity contribution in [2.75, 3.05) is 6.61 Å². The molecule has 1 unspecified atom stereocenters. The molecule has 0 spiro atoms. The van der Waals surface area contributed by atoms with E-state index < -0.39 is 0 Å². The van der Waals surface area contributed by atoms with Crippen LogP contribution in [0.15, 0.2) is 18.2 Å². The third-order valence-corrected chi connectivity index (χ3v) is 2.91. The van der Waals surface area contributed by atoms with E-state index in [4.69, 9.17) is 10.4 Å². The lowest BCUT2D eigenvalue weighted by Gasteiger charge is -2.14. The molecule has 1 aromatic carbocycles. The summed E-state index contributed by atoms with van der Waals surface area (Å²) in [6.07, 6.45) is 1.81. The summed E-state index contributed by atoms with van der Waals surface area (Å²) in [5.74, 6) is 0. The zero-order chi connectivity index (χ0) is 12.7. The Hall–Kier alpha value is -1.37. The number of hydrogen-bond acceptors (Lipinski definition) is 3. The second-order valence-electron chi connectivity index (χ2n) is 4.40. The average Bonchev–Trinajstić information content (AvgIpc) is 2.34. The van der Waals surface area contributed by atoms with E-state index in [1.54, 1.807) is 0 Å². The van der Waals surface area contributed by atoms with E-state index in [-0.39, 0.29) is 6.61 Å². The van der Waals surface area contributed by atoms with Gasteiger partial charge in [0.15, 0.2) is 0 Å². The number of benzene rings is 1. The molecule has 3 heteroatoms. The van der Waals surface area contributed by atoms with Crippen molar-refractivity contribution in [3.8, 4) is 6.07 Å². The van der Waals surface area contributed by atoms with E-state index in [2.05, 4.69) is 18.3 Å². The molecule has 0 bridgehead atoms. The molecule has 1 rings (SSSR count). The number of nitriles is 1. The molecule has 0 heterocycles. The fraction of sp³-hybridized carbons (Fsp3) is 0.500. The summed E-state index contributed by atoms with van der Waals surface area (Å²) in [6.45, 7) is 5.21. The van der Waals surface area contributed by atoms with Crippen molar-refractivity contribution in [3.63, 3.8) is 0 Å². The Bertz CT molecular complexity index is 396. The van der Waals surface area contributed by atoms with E-state index in [0.717, 1.165) is 24.9 Å². The van der Waals surface area contributed by atoms with Gasteiger partial charge in [0.1, 0.15) is 0 Å². The van der Waals surface area contributed by atoms with Gasteiger partial charge in [-0.25, -0.2) is 0 Å². The molecule has 1 aromatic rings. The smallest absolute Gasteiger partial charge is 0.0991 e. The Kier molecular flexibility index (Phi) is 5.68. The summed E-state index contributed by atoms with van der Waals surface area (Å²) in [6, 6.07) is 8.30. The molecule has 0 aromatic heterocycles. The Balaban J connectivity index is 2.49. The van der Waals surface area contributed by atoms with E-state index in [1.807, 2.05) is 25.1 Å². The van der Waals surface area contributed by atoms with Gasteiger partial charge < -0.3 is 10.4 Å². The van der Waals surface area contributed by atoms with Crippen molar-refractivity contribution >= 4 is 0 Å². The van der Waals surface area contributed by atoms with Crippen LogP contribution in [0.25, 0.3) is 0 Å². The number of aliphatic hydroxyl groups is 1. The summed E-state index contributed by atoms with van der Waals surface area (Å²) < 4.78 is 0. The fourth-order valence-corrected chi connectivity index (χ4v) is 1.75. The second kappa shape index (κ2) is 7.05. The number of aliphatic hydroxyl groups excluding tert-OH is 1. The maximum atomic E-state index is 8.78. The molecule has 2 N–H and O–H groups in total. The largest absolute Gasteiger partial charge is 0.396 e. The second-order valence-corrected chi connectivity index (χ2v) is 4.40. The molecular weight excluding hydrogens is 212 g/mol. The highest BCUT2D eigenvalue weighted by Gasteiger charge is 2.03. The maximum absolute atomic E-state index is 8.78. The first-order valence-electron chi connectivity index (χ1n) is 6.01. The van der Waals surface area contributed by atoms with Gasteiger partial charge >= 0.3 is 0 Å². The van der Waals surface area contributed by atoms with Crippen molar-refractivity contribution in [3.05, 3.63) is 34.9 Å². The van der Waals surface area contributed by atoms with Gasteiger partial charge in [-0.3, -0.25) is 0 Å². The molecule has 0 aliphatic carbocycles. The Morgan fingerprint density at radius 1 is 1.47 bits per heavy atom. The summed E-state index contributed by atoms with van der Waals surface area (Å²) >= 11 is 0. The maximum Gasteiger partial charge on any atom is 0.0991 e. The van der Waals surface area contributed by atoms with Crippen LogP contribution >= 0.6 is 0 Å². The van der Waals surface area contributed by atoms with Crippen LogP contribution in [0.5, 0.6) is 0 Å². The lowest BCUT2D eigenvalue weighted by Crippen LogP contribution is -2.25. The van der Waals surface area contributed by atoms with E-state index >= 15 is 0 Å². The molecule has 0 fully saturated rings. The first kappa shape index (κ1) is 13.7. The zero-order valence-corrected chi connectivity index (χ0v) is 10.5. The molecule has 0 saturated carbocycles. The van der Waals surface area contributed by atoms with Gasteiger partial charge in [-0.15, -0.1) is 0 Å². The van der Waals surface area contributed by atoms with Gasteiger partial charge in [-0.05, 0) is 49.9 Å². The lowest BCUT2D eigenvalue weighted by molar-refractivity contribution is 0.276. The van der Waals surface area contributed by atoms with E-state index in [9.17, 15) is 0 Å². The first-order valence-corrected chi connectivity index (χ1v) is 6.01. The van der Waals surface area contributed by atoms with Gasteiger partial charge in [-0.1, -0.05) is 6.07 Å². The zero-order valence-electron chi connectivity index (χ0n) is 10.5. The monoisotopic (exact) mass is 232 g/mol. The number of nitrogens with zero attached hydrogens (tertiary/aromatic N) is 1. The molecule has 0 aliphatic rings. The topological polar surface area (TPSA) is 56.0 Å². The number of nitrogens with one attached hydrogen (secondary N) is 1. The van der Waals surface area contributed by atoms with Crippen LogP contribution in [0.1, 0.15) is 36.5 Å². The predicted octanol–water partition coefficient (Wildman–Crippen LogP) is 2.12. The van der Waals surface area contributed by atoms with E-state index in [0.29, 0.717) is 11.6 Å². The highest BCUT2D eigenvalue weighted by atomic mass is 16.2. The fourth-order valence-electron chi connectivity index (χ4n) is 1.75. The van der Waals surface area contributed by atoms with Gasteiger partial charge in [-0.2, -0.15) is 5.26 Å². The minimum absolute atomic E-state index is 0.252. The molecule has 17 heavy (non-hydrogen) atoms. The minimum Gasteiger partial charge on any atom is -0.396 e. The van der Waals surface area contributed by atoms with Crippen LogP contribution < -0.4 is 5.32 Å². The normalized spacial score (nSPS) is 12.1. The van der Waals surface area contributed by atoms with Crippen molar-refractivity contribution < 1.29 is 5.11 Å². The summed E-state index contributed by atoms with van der Waals surface area (Å²) in [5, 5.41) is 20.9. The third-order valence-electron chi connectivity index (χ3n) is 2.91. The molecule has 1 atom stereocenters. The highest BCUT2D eigenvalue weighted by Crippen LogP contribution is 2.11. The molecule has 0 saturated heterocycles. The molecule has 92 valence electrons. The van der Waals surface area contributed by atoms with Crippen LogP contribution in [0.4, 0.5) is 0 Å². The van der Waals surface area contributed by atoms with Crippen LogP contribution in [-0.4, -0.2) is 17.8 Å². The molecular formula is C14H20N2O. The standard InChI is InChI=1S/C14H20N2O/c1-11-8-13(9-15)5-6-14(11)10-16-12(2)4-3-7-17/h5-6,8,12,16-17H,3-4,7,10H2,1-2H3. The van der Waals surface area contributed by atoms with Crippen LogP contribution in [-0.2, 0) is 6.54 Å². The van der Waals surface area contributed by atoms with Crippen LogP contribution in [0, 0.1) is 18.3 Å². The Labute approximate surface area is 103 Å². The number of rotatable bonds is 6. The molecule has 0 amide bonds. The summed E-state index contributed by atoms with van der Waals surface area (Å²) in [4.78, 5) is 0. The minimum atomic E-state index is 0.252. The predicted molar refractivity (Wildman–Crippen MR) is 68.5 cm³/mol.